The third-order valence-electron chi connectivity index (χ3n) is 10.0. The molecule has 0 fully saturated rings. The number of methoxy groups -OCH3 is 2. The van der Waals surface area contributed by atoms with Crippen LogP contribution in [0.15, 0.2) is 91.1 Å². The van der Waals surface area contributed by atoms with Crippen LogP contribution in [0.5, 0.6) is 17.2 Å². The summed E-state index contributed by atoms with van der Waals surface area (Å²) in [5.41, 5.74) is -0.158. The normalized spacial score (nSPS) is 10.8. The van der Waals surface area contributed by atoms with E-state index in [4.69, 9.17) is 47.4 Å². The first-order chi connectivity index (χ1) is 33.3. The first-order valence-corrected chi connectivity index (χ1v) is 22.3. The summed E-state index contributed by atoms with van der Waals surface area (Å²) >= 11 is 0. The van der Waals surface area contributed by atoms with Gasteiger partial charge in [0, 0.05) is 47.6 Å². The van der Waals surface area contributed by atoms with Crippen molar-refractivity contribution in [3.63, 3.8) is 0 Å². The van der Waals surface area contributed by atoms with Crippen molar-refractivity contribution in [1.82, 2.24) is 0 Å². The van der Waals surface area contributed by atoms with E-state index in [0.717, 1.165) is 37.7 Å². The Bertz CT molecular complexity index is 2330. The van der Waals surface area contributed by atoms with Crippen LogP contribution in [0.4, 0.5) is 4.39 Å². The fraction of sp³-hybridized carbons (Fsp3) is 0.404. The molecule has 3 aromatic carbocycles. The third-order valence-corrected chi connectivity index (χ3v) is 10.0. The number of aryl methyl sites for hydroxylation is 1. The van der Waals surface area contributed by atoms with Gasteiger partial charge >= 0.3 is 41.8 Å². The van der Waals surface area contributed by atoms with Gasteiger partial charge in [0.05, 0.1) is 13.2 Å². The Labute approximate surface area is 406 Å². The highest BCUT2D eigenvalue weighted by Crippen LogP contribution is 2.43. The van der Waals surface area contributed by atoms with E-state index in [0.29, 0.717) is 12.0 Å². The number of esters is 7. The SMILES string of the molecule is C=C(C)C(=O)OCC(COC(=O)C(=O)OCCOC)(COC(=O)C(=O)OCCOC)COc1ccc(-c2cc(OC(=O)C(=C)C)c(-c3ccc(CCCCCCC)cc3F)cc2OC(=O)C(=C)C)cc1. The Morgan fingerprint density at radius 3 is 1.47 bits per heavy atom. The molecular formula is C52H61FO17. The van der Waals surface area contributed by atoms with Crippen molar-refractivity contribution in [1.29, 1.82) is 0 Å². The summed E-state index contributed by atoms with van der Waals surface area (Å²) in [5, 5.41) is 0. The number of carbonyl (C=O) groups excluding carboxylic acids is 7. The second-order valence-electron chi connectivity index (χ2n) is 16.2. The minimum atomic E-state index is -1.81. The summed E-state index contributed by atoms with van der Waals surface area (Å²) in [7, 11) is 2.71. The van der Waals surface area contributed by atoms with Gasteiger partial charge in [-0.25, -0.2) is 38.0 Å². The predicted octanol–water partition coefficient (Wildman–Crippen LogP) is 7.59. The molecule has 3 aromatic rings. The number of hydrogen-bond donors (Lipinski definition) is 0. The molecule has 378 valence electrons. The van der Waals surface area contributed by atoms with Crippen LogP contribution < -0.4 is 14.2 Å². The molecule has 0 aliphatic carbocycles. The molecule has 0 bridgehead atoms. The van der Waals surface area contributed by atoms with E-state index >= 15 is 4.39 Å². The number of hydrogen-bond acceptors (Lipinski definition) is 17. The lowest BCUT2D eigenvalue weighted by atomic mass is 9.92. The van der Waals surface area contributed by atoms with Crippen molar-refractivity contribution < 1.29 is 85.3 Å². The Kier molecular flexibility index (Phi) is 23.7. The van der Waals surface area contributed by atoms with Crippen molar-refractivity contribution in [2.24, 2.45) is 5.41 Å². The quantitative estimate of drug-likeness (QED) is 0.0171. The van der Waals surface area contributed by atoms with E-state index in [1.165, 1.54) is 77.5 Å². The second kappa shape index (κ2) is 29.0. The average Bonchev–Trinajstić information content (AvgIpc) is 3.33. The number of unbranched alkanes of at least 4 members (excludes halogenated alkanes) is 4. The molecule has 0 saturated heterocycles. The fourth-order valence-electron chi connectivity index (χ4n) is 6.07. The van der Waals surface area contributed by atoms with Crippen LogP contribution in [0.2, 0.25) is 0 Å². The summed E-state index contributed by atoms with van der Waals surface area (Å²) in [6.45, 7) is 13.9. The molecular weight excluding hydrogens is 916 g/mol. The zero-order chi connectivity index (χ0) is 51.8. The highest BCUT2D eigenvalue weighted by Gasteiger charge is 2.39. The van der Waals surface area contributed by atoms with Gasteiger partial charge in [-0.15, -0.1) is 0 Å². The number of rotatable bonds is 28. The molecule has 18 heteroatoms. The van der Waals surface area contributed by atoms with Crippen LogP contribution in [0.3, 0.4) is 0 Å². The summed E-state index contributed by atoms with van der Waals surface area (Å²) < 4.78 is 68.9. The molecule has 70 heavy (non-hydrogen) atoms. The maximum atomic E-state index is 16.1. The zero-order valence-electron chi connectivity index (χ0n) is 40.5. The Morgan fingerprint density at radius 2 is 0.986 bits per heavy atom. The summed E-state index contributed by atoms with van der Waals surface area (Å²) in [5.74, 6) is -8.77. The van der Waals surface area contributed by atoms with Crippen LogP contribution in [0, 0.1) is 11.2 Å². The number of benzene rings is 3. The van der Waals surface area contributed by atoms with Crippen LogP contribution in [-0.4, -0.2) is 109 Å². The molecule has 0 unspecified atom stereocenters. The van der Waals surface area contributed by atoms with Gasteiger partial charge in [0.25, 0.3) is 0 Å². The molecule has 0 amide bonds. The lowest BCUT2D eigenvalue weighted by Crippen LogP contribution is -2.45. The first-order valence-electron chi connectivity index (χ1n) is 22.3. The van der Waals surface area contributed by atoms with E-state index in [1.54, 1.807) is 12.1 Å². The van der Waals surface area contributed by atoms with Gasteiger partial charge in [0.15, 0.2) is 0 Å². The smallest absolute Gasteiger partial charge is 0.417 e. The van der Waals surface area contributed by atoms with E-state index in [1.807, 2.05) is 0 Å². The van der Waals surface area contributed by atoms with Crippen LogP contribution in [-0.2, 0) is 73.1 Å². The second-order valence-corrected chi connectivity index (χ2v) is 16.2. The molecule has 0 radical (unpaired) electrons. The van der Waals surface area contributed by atoms with Crippen LogP contribution in [0.25, 0.3) is 22.3 Å². The van der Waals surface area contributed by atoms with Gasteiger partial charge in [-0.2, -0.15) is 0 Å². The van der Waals surface area contributed by atoms with Crippen molar-refractivity contribution in [2.45, 2.75) is 66.2 Å². The van der Waals surface area contributed by atoms with Crippen molar-refractivity contribution in [2.75, 3.05) is 67.1 Å². The number of ether oxygens (including phenoxy) is 10. The van der Waals surface area contributed by atoms with Gasteiger partial charge in [-0.05, 0) is 75.1 Å². The van der Waals surface area contributed by atoms with E-state index in [9.17, 15) is 33.6 Å². The summed E-state index contributed by atoms with van der Waals surface area (Å²) in [4.78, 5) is 88.9. The molecule has 0 aliphatic rings. The minimum absolute atomic E-state index is 0.0201. The van der Waals surface area contributed by atoms with E-state index in [-0.39, 0.29) is 77.1 Å². The van der Waals surface area contributed by atoms with Crippen molar-refractivity contribution in [3.05, 3.63) is 102 Å². The van der Waals surface area contributed by atoms with Gasteiger partial charge < -0.3 is 47.4 Å². The molecule has 0 atom stereocenters. The minimum Gasteiger partial charge on any atom is -0.493 e. The van der Waals surface area contributed by atoms with Crippen LogP contribution in [0.1, 0.15) is 65.4 Å². The molecule has 0 aromatic heterocycles. The summed E-state index contributed by atoms with van der Waals surface area (Å²) in [6.07, 6.45) is 5.88. The third kappa shape index (κ3) is 18.4. The Morgan fingerprint density at radius 1 is 0.514 bits per heavy atom. The van der Waals surface area contributed by atoms with Crippen molar-refractivity contribution in [3.8, 4) is 39.5 Å². The molecule has 17 nitrogen and oxygen atoms in total. The predicted molar refractivity (Wildman–Crippen MR) is 252 cm³/mol. The van der Waals surface area contributed by atoms with Crippen molar-refractivity contribution >= 4 is 41.8 Å². The maximum Gasteiger partial charge on any atom is 0.417 e. The Balaban J connectivity index is 2.10. The van der Waals surface area contributed by atoms with Gasteiger partial charge in [-0.1, -0.05) is 76.6 Å². The first kappa shape index (κ1) is 57.1. The molecule has 0 aliphatic heterocycles. The molecule has 0 heterocycles. The zero-order valence-corrected chi connectivity index (χ0v) is 40.5. The van der Waals surface area contributed by atoms with E-state index in [2.05, 4.69) is 26.7 Å². The van der Waals surface area contributed by atoms with Gasteiger partial charge in [-0.3, -0.25) is 0 Å². The lowest BCUT2D eigenvalue weighted by molar-refractivity contribution is -0.179. The van der Waals surface area contributed by atoms with Gasteiger partial charge in [0.2, 0.25) is 0 Å². The summed E-state index contributed by atoms with van der Waals surface area (Å²) in [6, 6.07) is 13.6. The molecule has 0 N–H and O–H groups in total. The fourth-order valence-corrected chi connectivity index (χ4v) is 6.07. The standard InChI is InChI=1S/C52H61FO17/c1-10-11-12-13-14-15-36-16-21-39(42(53)26-36)41-28-43(69-46(55)34(4)5)40(27-44(41)70-47(56)35(6)7)37-17-19-38(20-18-37)65-29-52(30-66-45(54)33(2)3,31-67-50(59)48(57)63-24-22-61-8)32-68-51(60)49(58)64-25-23-62-9/h16-21,26-28H,2,4,6,10-15,22-25,29-32H2,1,3,5,7-9H3. The largest absolute Gasteiger partial charge is 0.493 e. The number of halogens is 1. The average molecular weight is 977 g/mol. The van der Waals surface area contributed by atoms with Gasteiger partial charge in [0.1, 0.15) is 68.1 Å². The molecule has 0 saturated carbocycles. The number of carbonyl (C=O) groups is 7. The highest BCUT2D eigenvalue weighted by molar-refractivity contribution is 6.30. The topological polar surface area (TPSA) is 212 Å². The monoisotopic (exact) mass is 976 g/mol. The maximum absolute atomic E-state index is 16.1. The van der Waals surface area contributed by atoms with E-state index < -0.39 is 79.4 Å². The molecule has 0 spiro atoms. The Hall–Kier alpha value is -7.18. The lowest BCUT2D eigenvalue weighted by Gasteiger charge is -2.31. The highest BCUT2D eigenvalue weighted by atomic mass is 19.1. The van der Waals surface area contributed by atoms with Crippen LogP contribution >= 0.6 is 0 Å². The molecule has 3 rings (SSSR count).